The van der Waals surface area contributed by atoms with E-state index in [1.807, 2.05) is 12.1 Å². The van der Waals surface area contributed by atoms with Crippen molar-refractivity contribution in [2.75, 3.05) is 24.2 Å². The Labute approximate surface area is 191 Å². The Hall–Kier alpha value is -2.42. The van der Waals surface area contributed by atoms with Gasteiger partial charge in [0.2, 0.25) is 11.0 Å². The summed E-state index contributed by atoms with van der Waals surface area (Å²) in [6.45, 7) is 7.02. The van der Waals surface area contributed by atoms with Crippen molar-refractivity contribution in [1.82, 2.24) is 20.4 Å². The smallest absolute Gasteiger partial charge is 0.230 e. The Kier molecular flexibility index (Phi) is 7.21. The summed E-state index contributed by atoms with van der Waals surface area (Å²) in [5, 5.41) is 15.6. The number of rotatable bonds is 8. The Morgan fingerprint density at radius 3 is 2.81 bits per heavy atom. The Balaban J connectivity index is 1.20. The highest BCUT2D eigenvalue weighted by molar-refractivity contribution is 8.01. The molecule has 0 aliphatic carbocycles. The van der Waals surface area contributed by atoms with Crippen molar-refractivity contribution in [3.8, 4) is 0 Å². The van der Waals surface area contributed by atoms with Crippen LogP contribution in [0.25, 0.3) is 0 Å². The predicted octanol–water partition coefficient (Wildman–Crippen LogP) is 4.38. The minimum absolute atomic E-state index is 0.0513. The van der Waals surface area contributed by atoms with Gasteiger partial charge in [-0.2, -0.15) is 0 Å². The highest BCUT2D eigenvalue weighted by Gasteiger charge is 2.24. The molecule has 31 heavy (non-hydrogen) atoms. The summed E-state index contributed by atoms with van der Waals surface area (Å²) in [5.41, 5.74) is 4.80. The van der Waals surface area contributed by atoms with E-state index in [0.29, 0.717) is 5.75 Å². The van der Waals surface area contributed by atoms with Crippen molar-refractivity contribution in [1.29, 1.82) is 0 Å². The van der Waals surface area contributed by atoms with Crippen molar-refractivity contribution >= 4 is 39.8 Å². The highest BCUT2D eigenvalue weighted by atomic mass is 32.2. The van der Waals surface area contributed by atoms with Gasteiger partial charge >= 0.3 is 0 Å². The van der Waals surface area contributed by atoms with Gasteiger partial charge in [0.05, 0.1) is 5.75 Å². The minimum atomic E-state index is 0.0513. The number of amides is 1. The number of aromatic nitrogens is 2. The van der Waals surface area contributed by atoms with Crippen molar-refractivity contribution < 1.29 is 4.79 Å². The van der Waals surface area contributed by atoms with E-state index in [0.717, 1.165) is 41.2 Å². The van der Waals surface area contributed by atoms with Crippen molar-refractivity contribution in [3.63, 3.8) is 0 Å². The zero-order valence-corrected chi connectivity index (χ0v) is 19.4. The molecule has 1 amide bonds. The summed E-state index contributed by atoms with van der Waals surface area (Å²) in [4.78, 5) is 14.8. The van der Waals surface area contributed by atoms with E-state index in [2.05, 4.69) is 76.0 Å². The first kappa shape index (κ1) is 21.8. The first-order valence-electron chi connectivity index (χ1n) is 10.4. The van der Waals surface area contributed by atoms with Gasteiger partial charge in [0.15, 0.2) is 4.34 Å². The molecule has 2 aromatic carbocycles. The van der Waals surface area contributed by atoms with Gasteiger partial charge < -0.3 is 10.6 Å². The number of hydrogen-bond donors (Lipinski definition) is 2. The molecule has 162 valence electrons. The van der Waals surface area contributed by atoms with Gasteiger partial charge in [-0.1, -0.05) is 59.5 Å². The molecule has 4 rings (SSSR count). The third kappa shape index (κ3) is 6.29. The van der Waals surface area contributed by atoms with Gasteiger partial charge in [0, 0.05) is 31.4 Å². The maximum Gasteiger partial charge on any atom is 0.230 e. The number of hydrogen-bond acceptors (Lipinski definition) is 7. The van der Waals surface area contributed by atoms with Gasteiger partial charge in [-0.05, 0) is 49.1 Å². The standard InChI is InChI=1S/C23H27N5OS2/c1-16-8-9-19(12-17(16)2)25-22-26-27-23(31-22)30-15-21(29)24-20-10-11-28(14-20)13-18-6-4-3-5-7-18/h3-9,12,20H,10-11,13-15H2,1-2H3,(H,24,29)(H,25,26). The second-order valence-electron chi connectivity index (χ2n) is 7.86. The second-order valence-corrected chi connectivity index (χ2v) is 10.1. The first-order valence-corrected chi connectivity index (χ1v) is 12.2. The lowest BCUT2D eigenvalue weighted by atomic mass is 10.1. The number of likely N-dealkylation sites (tertiary alicyclic amines) is 1. The molecule has 0 radical (unpaired) electrons. The molecule has 0 spiro atoms. The molecule has 1 saturated heterocycles. The Morgan fingerprint density at radius 2 is 2.00 bits per heavy atom. The van der Waals surface area contributed by atoms with Crippen LogP contribution in [0.5, 0.6) is 0 Å². The molecule has 1 aliphatic rings. The predicted molar refractivity (Wildman–Crippen MR) is 128 cm³/mol. The normalized spacial score (nSPS) is 16.4. The van der Waals surface area contributed by atoms with Crippen LogP contribution in [-0.2, 0) is 11.3 Å². The topological polar surface area (TPSA) is 70.1 Å². The fraction of sp³-hybridized carbons (Fsp3) is 0.348. The van der Waals surface area contributed by atoms with Crippen LogP contribution in [0.4, 0.5) is 10.8 Å². The van der Waals surface area contributed by atoms with Gasteiger partial charge in [0.25, 0.3) is 0 Å². The molecule has 6 nitrogen and oxygen atoms in total. The number of nitrogens with zero attached hydrogens (tertiary/aromatic N) is 3. The lowest BCUT2D eigenvalue weighted by molar-refractivity contribution is -0.119. The van der Waals surface area contributed by atoms with Gasteiger partial charge in [-0.25, -0.2) is 0 Å². The van der Waals surface area contributed by atoms with Crippen LogP contribution >= 0.6 is 23.1 Å². The van der Waals surface area contributed by atoms with Crippen LogP contribution in [0, 0.1) is 13.8 Å². The molecule has 2 heterocycles. The van der Waals surface area contributed by atoms with Gasteiger partial charge in [0.1, 0.15) is 0 Å². The highest BCUT2D eigenvalue weighted by Crippen LogP contribution is 2.28. The van der Waals surface area contributed by atoms with E-state index >= 15 is 0 Å². The fourth-order valence-corrected chi connectivity index (χ4v) is 5.18. The van der Waals surface area contributed by atoms with Crippen LogP contribution in [0.2, 0.25) is 0 Å². The maximum absolute atomic E-state index is 12.4. The van der Waals surface area contributed by atoms with Crippen LogP contribution < -0.4 is 10.6 Å². The second kappa shape index (κ2) is 10.3. The van der Waals surface area contributed by atoms with E-state index in [4.69, 9.17) is 0 Å². The number of benzene rings is 2. The SMILES string of the molecule is Cc1ccc(Nc2nnc(SCC(=O)NC3CCN(Cc4ccccc4)C3)s2)cc1C. The van der Waals surface area contributed by atoms with E-state index in [9.17, 15) is 4.79 Å². The summed E-state index contributed by atoms with van der Waals surface area (Å²) >= 11 is 2.90. The quantitative estimate of drug-likeness (QED) is 0.493. The summed E-state index contributed by atoms with van der Waals surface area (Å²) in [6, 6.07) is 16.9. The molecule has 8 heteroatoms. The van der Waals surface area contributed by atoms with Crippen molar-refractivity contribution in [2.45, 2.75) is 37.2 Å². The lowest BCUT2D eigenvalue weighted by Crippen LogP contribution is -2.37. The molecule has 0 bridgehead atoms. The van der Waals surface area contributed by atoms with Crippen LogP contribution in [0.3, 0.4) is 0 Å². The molecule has 3 aromatic rings. The zero-order chi connectivity index (χ0) is 21.6. The Bertz CT molecular complexity index is 1020. The number of anilines is 2. The van der Waals surface area contributed by atoms with Crippen LogP contribution in [0.15, 0.2) is 52.9 Å². The number of carbonyl (C=O) groups excluding carboxylic acids is 1. The molecular weight excluding hydrogens is 426 g/mol. The molecule has 1 fully saturated rings. The minimum Gasteiger partial charge on any atom is -0.351 e. The molecular formula is C23H27N5OS2. The summed E-state index contributed by atoms with van der Waals surface area (Å²) in [7, 11) is 0. The molecule has 2 N–H and O–H groups in total. The summed E-state index contributed by atoms with van der Waals surface area (Å²) in [6.07, 6.45) is 0.992. The molecule has 1 unspecified atom stereocenters. The monoisotopic (exact) mass is 453 g/mol. The van der Waals surface area contributed by atoms with Crippen LogP contribution in [0.1, 0.15) is 23.1 Å². The van der Waals surface area contributed by atoms with E-state index in [1.165, 1.54) is 39.8 Å². The lowest BCUT2D eigenvalue weighted by Gasteiger charge is -2.16. The first-order chi connectivity index (χ1) is 15.0. The van der Waals surface area contributed by atoms with Gasteiger partial charge in [-0.15, -0.1) is 10.2 Å². The largest absolute Gasteiger partial charge is 0.351 e. The van der Waals surface area contributed by atoms with E-state index in [-0.39, 0.29) is 11.9 Å². The fourth-order valence-electron chi connectivity index (χ4n) is 3.59. The van der Waals surface area contributed by atoms with E-state index in [1.54, 1.807) is 0 Å². The summed E-state index contributed by atoms with van der Waals surface area (Å²) < 4.78 is 0.790. The van der Waals surface area contributed by atoms with Gasteiger partial charge in [-0.3, -0.25) is 9.69 Å². The Morgan fingerprint density at radius 1 is 1.16 bits per heavy atom. The van der Waals surface area contributed by atoms with Crippen molar-refractivity contribution in [3.05, 3.63) is 65.2 Å². The number of aryl methyl sites for hydroxylation is 2. The molecule has 1 aliphatic heterocycles. The van der Waals surface area contributed by atoms with E-state index < -0.39 is 0 Å². The average molecular weight is 454 g/mol. The molecule has 0 saturated carbocycles. The molecule has 1 aromatic heterocycles. The zero-order valence-electron chi connectivity index (χ0n) is 17.8. The summed E-state index contributed by atoms with van der Waals surface area (Å²) in [5.74, 6) is 0.406. The van der Waals surface area contributed by atoms with Crippen LogP contribution in [-0.4, -0.2) is 45.9 Å². The van der Waals surface area contributed by atoms with Crippen molar-refractivity contribution in [2.24, 2.45) is 0 Å². The number of thioether (sulfide) groups is 1. The average Bonchev–Trinajstić information content (AvgIpc) is 3.39. The maximum atomic E-state index is 12.4. The molecule has 1 atom stereocenters. The number of nitrogens with one attached hydrogen (secondary N) is 2. The number of carbonyl (C=O) groups is 1. The third-order valence-corrected chi connectivity index (χ3v) is 7.35. The third-order valence-electron chi connectivity index (χ3n) is 5.38.